The van der Waals surface area contributed by atoms with Gasteiger partial charge in [0, 0.05) is 18.8 Å². The zero-order chi connectivity index (χ0) is 15.6. The number of halogens is 1. The number of alkyl halides is 1. The van der Waals surface area contributed by atoms with E-state index < -0.39 is 0 Å². The van der Waals surface area contributed by atoms with E-state index in [0.29, 0.717) is 6.42 Å². The molecule has 21 heavy (non-hydrogen) atoms. The Morgan fingerprint density at radius 1 is 0.762 bits per heavy atom. The number of hydrogen-bond donors (Lipinski definition) is 1. The molecule has 0 bridgehead atoms. The fraction of sp³-hybridized carbons (Fsp3) is 0.944. The third kappa shape index (κ3) is 17.7. The van der Waals surface area contributed by atoms with Crippen LogP contribution in [-0.4, -0.2) is 18.3 Å². The van der Waals surface area contributed by atoms with Gasteiger partial charge in [-0.2, -0.15) is 0 Å². The molecule has 0 aliphatic heterocycles. The van der Waals surface area contributed by atoms with Crippen LogP contribution in [0, 0.1) is 0 Å². The molecule has 1 N–H and O–H groups in total. The van der Waals surface area contributed by atoms with Crippen LogP contribution >= 0.6 is 11.6 Å². The molecule has 0 saturated heterocycles. The van der Waals surface area contributed by atoms with E-state index in [-0.39, 0.29) is 5.91 Å². The summed E-state index contributed by atoms with van der Waals surface area (Å²) in [4.78, 5) is 11.6. The lowest BCUT2D eigenvalue weighted by Gasteiger charge is -2.05. The lowest BCUT2D eigenvalue weighted by atomic mass is 10.1. The van der Waals surface area contributed by atoms with Gasteiger partial charge in [0.05, 0.1) is 0 Å². The van der Waals surface area contributed by atoms with Crippen molar-refractivity contribution in [3.05, 3.63) is 0 Å². The van der Waals surface area contributed by atoms with Crippen molar-refractivity contribution in [1.82, 2.24) is 5.32 Å². The van der Waals surface area contributed by atoms with Crippen molar-refractivity contribution in [2.45, 2.75) is 96.8 Å². The minimum atomic E-state index is 0.241. The van der Waals surface area contributed by atoms with Crippen molar-refractivity contribution in [1.29, 1.82) is 0 Å². The quantitative estimate of drug-likeness (QED) is 0.282. The highest BCUT2D eigenvalue weighted by atomic mass is 35.5. The van der Waals surface area contributed by atoms with Gasteiger partial charge in [-0.3, -0.25) is 4.79 Å². The molecule has 0 rings (SSSR count). The minimum absolute atomic E-state index is 0.241. The van der Waals surface area contributed by atoms with Gasteiger partial charge in [0.1, 0.15) is 0 Å². The third-order valence-corrected chi connectivity index (χ3v) is 4.16. The Labute approximate surface area is 137 Å². The summed E-state index contributed by atoms with van der Waals surface area (Å²) in [6.45, 7) is 3.10. The molecule has 126 valence electrons. The van der Waals surface area contributed by atoms with Crippen molar-refractivity contribution in [2.75, 3.05) is 12.4 Å². The Morgan fingerprint density at radius 3 is 1.90 bits per heavy atom. The first-order chi connectivity index (χ1) is 10.3. The van der Waals surface area contributed by atoms with Gasteiger partial charge in [0.25, 0.3) is 0 Å². The second-order valence-corrected chi connectivity index (χ2v) is 6.41. The van der Waals surface area contributed by atoms with Crippen molar-refractivity contribution in [3.63, 3.8) is 0 Å². The summed E-state index contributed by atoms with van der Waals surface area (Å²) < 4.78 is 0. The molecule has 0 aromatic rings. The average Bonchev–Trinajstić information content (AvgIpc) is 2.49. The predicted molar refractivity (Wildman–Crippen MR) is 94.0 cm³/mol. The molecule has 0 aliphatic carbocycles. The molecule has 0 spiro atoms. The number of nitrogens with one attached hydrogen (secondary N) is 1. The first-order valence-corrected chi connectivity index (χ1v) is 9.67. The van der Waals surface area contributed by atoms with Gasteiger partial charge in [-0.25, -0.2) is 0 Å². The maximum Gasteiger partial charge on any atom is 0.219 e. The first kappa shape index (κ1) is 20.8. The maximum absolute atomic E-state index is 11.6. The Kier molecular flexibility index (Phi) is 17.6. The second-order valence-electron chi connectivity index (χ2n) is 6.03. The van der Waals surface area contributed by atoms with Crippen LogP contribution in [0.4, 0.5) is 0 Å². The van der Waals surface area contributed by atoms with Crippen LogP contribution in [0.1, 0.15) is 96.8 Å². The van der Waals surface area contributed by atoms with E-state index in [4.69, 9.17) is 11.6 Å². The molecule has 0 radical (unpaired) electrons. The molecule has 0 fully saturated rings. The predicted octanol–water partition coefficient (Wildman–Crippen LogP) is 5.82. The molecule has 3 heteroatoms. The molecule has 0 aromatic heterocycles. The summed E-state index contributed by atoms with van der Waals surface area (Å²) in [5, 5.41) is 3.04. The van der Waals surface area contributed by atoms with Crippen LogP contribution in [0.3, 0.4) is 0 Å². The van der Waals surface area contributed by atoms with Gasteiger partial charge < -0.3 is 5.32 Å². The van der Waals surface area contributed by atoms with E-state index >= 15 is 0 Å². The second kappa shape index (κ2) is 17.8. The van der Waals surface area contributed by atoms with Crippen LogP contribution in [0.2, 0.25) is 0 Å². The smallest absolute Gasteiger partial charge is 0.219 e. The van der Waals surface area contributed by atoms with Crippen LogP contribution in [0.5, 0.6) is 0 Å². The number of hydrogen-bond acceptors (Lipinski definition) is 1. The molecule has 0 heterocycles. The summed E-state index contributed by atoms with van der Waals surface area (Å²) in [6, 6.07) is 0. The van der Waals surface area contributed by atoms with Crippen molar-refractivity contribution in [2.24, 2.45) is 0 Å². The van der Waals surface area contributed by atoms with Crippen LogP contribution < -0.4 is 5.32 Å². The standard InChI is InChI=1S/C18H36ClNO/c1-2-3-4-5-11-14-17-20-18(21)15-12-9-7-6-8-10-13-16-19/h2-17H2,1H3,(H,20,21). The molecule has 0 atom stereocenters. The van der Waals surface area contributed by atoms with E-state index in [1.165, 1.54) is 64.2 Å². The fourth-order valence-electron chi connectivity index (χ4n) is 2.49. The Bertz CT molecular complexity index is 221. The van der Waals surface area contributed by atoms with E-state index in [1.54, 1.807) is 0 Å². The summed E-state index contributed by atoms with van der Waals surface area (Å²) in [5.74, 6) is 1.03. The third-order valence-electron chi connectivity index (χ3n) is 3.89. The lowest BCUT2D eigenvalue weighted by molar-refractivity contribution is -0.121. The minimum Gasteiger partial charge on any atom is -0.356 e. The maximum atomic E-state index is 11.6. The molecular weight excluding hydrogens is 282 g/mol. The first-order valence-electron chi connectivity index (χ1n) is 9.14. The summed E-state index contributed by atoms with van der Waals surface area (Å²) in [6.07, 6.45) is 16.8. The van der Waals surface area contributed by atoms with E-state index in [2.05, 4.69) is 12.2 Å². The molecule has 0 saturated carbocycles. The van der Waals surface area contributed by atoms with Crippen LogP contribution in [0.15, 0.2) is 0 Å². The molecule has 0 unspecified atom stereocenters. The zero-order valence-electron chi connectivity index (χ0n) is 14.1. The van der Waals surface area contributed by atoms with Gasteiger partial charge in [-0.1, -0.05) is 71.1 Å². The molecular formula is C18H36ClNO. The highest BCUT2D eigenvalue weighted by molar-refractivity contribution is 6.17. The Hall–Kier alpha value is -0.240. The van der Waals surface area contributed by atoms with Gasteiger partial charge >= 0.3 is 0 Å². The van der Waals surface area contributed by atoms with Gasteiger partial charge in [-0.15, -0.1) is 11.6 Å². The van der Waals surface area contributed by atoms with Crippen molar-refractivity contribution in [3.8, 4) is 0 Å². The molecule has 1 amide bonds. The van der Waals surface area contributed by atoms with Crippen molar-refractivity contribution < 1.29 is 4.79 Å². The lowest BCUT2D eigenvalue weighted by Crippen LogP contribution is -2.23. The van der Waals surface area contributed by atoms with Gasteiger partial charge in [-0.05, 0) is 19.3 Å². The topological polar surface area (TPSA) is 29.1 Å². The van der Waals surface area contributed by atoms with E-state index in [0.717, 1.165) is 31.7 Å². The average molecular weight is 318 g/mol. The van der Waals surface area contributed by atoms with Crippen LogP contribution in [-0.2, 0) is 4.79 Å². The summed E-state index contributed by atoms with van der Waals surface area (Å²) >= 11 is 5.64. The largest absolute Gasteiger partial charge is 0.356 e. The Morgan fingerprint density at radius 2 is 1.29 bits per heavy atom. The number of rotatable bonds is 16. The van der Waals surface area contributed by atoms with Crippen molar-refractivity contribution >= 4 is 17.5 Å². The van der Waals surface area contributed by atoms with E-state index in [9.17, 15) is 4.79 Å². The normalized spacial score (nSPS) is 10.8. The highest BCUT2D eigenvalue weighted by Gasteiger charge is 2.00. The molecule has 2 nitrogen and oxygen atoms in total. The molecule has 0 aliphatic rings. The zero-order valence-corrected chi connectivity index (χ0v) is 14.9. The van der Waals surface area contributed by atoms with Gasteiger partial charge in [0.15, 0.2) is 0 Å². The molecule has 0 aromatic carbocycles. The van der Waals surface area contributed by atoms with Crippen LogP contribution in [0.25, 0.3) is 0 Å². The number of carbonyl (C=O) groups is 1. The number of carbonyl (C=O) groups excluding carboxylic acids is 1. The highest BCUT2D eigenvalue weighted by Crippen LogP contribution is 2.09. The van der Waals surface area contributed by atoms with Gasteiger partial charge in [0.2, 0.25) is 5.91 Å². The SMILES string of the molecule is CCCCCCCCNC(=O)CCCCCCCCCCl. The Balaban J connectivity index is 3.13. The van der Waals surface area contributed by atoms with E-state index in [1.807, 2.05) is 0 Å². The number of unbranched alkanes of at least 4 members (excludes halogenated alkanes) is 11. The fourth-order valence-corrected chi connectivity index (χ4v) is 2.67. The summed E-state index contributed by atoms with van der Waals surface area (Å²) in [7, 11) is 0. The monoisotopic (exact) mass is 317 g/mol. The number of amides is 1. The summed E-state index contributed by atoms with van der Waals surface area (Å²) in [5.41, 5.74) is 0.